The van der Waals surface area contributed by atoms with E-state index in [4.69, 9.17) is 0 Å². The van der Waals surface area contributed by atoms with Crippen molar-refractivity contribution in [1.82, 2.24) is 20.6 Å². The number of aliphatic hydroxyl groups is 1. The van der Waals surface area contributed by atoms with Crippen molar-refractivity contribution in [3.05, 3.63) is 95.1 Å². The van der Waals surface area contributed by atoms with Crippen molar-refractivity contribution in [1.29, 1.82) is 0 Å². The first kappa shape index (κ1) is 28.8. The Kier molecular flexibility index (Phi) is 9.08. The zero-order valence-electron chi connectivity index (χ0n) is 22.9. The molecule has 3 N–H and O–H groups in total. The Hall–Kier alpha value is -3.23. The maximum Gasteiger partial charge on any atom is 0.271 e. The summed E-state index contributed by atoms with van der Waals surface area (Å²) in [5.41, 5.74) is 2.55. The van der Waals surface area contributed by atoms with Gasteiger partial charge in [0.15, 0.2) is 0 Å². The van der Waals surface area contributed by atoms with Gasteiger partial charge in [0.25, 0.3) is 5.91 Å². The predicted molar refractivity (Wildman–Crippen MR) is 147 cm³/mol. The number of aliphatic hydroxyl groups excluding tert-OH is 1. The van der Waals surface area contributed by atoms with Gasteiger partial charge in [0.2, 0.25) is 0 Å². The molecule has 1 heterocycles. The summed E-state index contributed by atoms with van der Waals surface area (Å²) in [6, 6.07) is 11.0. The number of nitrogens with zero attached hydrogens (tertiary/aromatic N) is 2. The molecule has 1 fully saturated rings. The smallest absolute Gasteiger partial charge is 0.271 e. The average molecular weight is 537 g/mol. The number of aromatic nitrogens is 2. The molecule has 4 rings (SSSR count). The van der Waals surface area contributed by atoms with Crippen molar-refractivity contribution in [2.24, 2.45) is 0 Å². The van der Waals surface area contributed by atoms with E-state index in [1.54, 1.807) is 0 Å². The summed E-state index contributed by atoms with van der Waals surface area (Å²) in [7, 11) is 0. The molecule has 2 unspecified atom stereocenters. The van der Waals surface area contributed by atoms with E-state index in [1.807, 2.05) is 0 Å². The molecule has 0 saturated heterocycles. The molecule has 0 aliphatic heterocycles. The minimum atomic E-state index is -1.04. The number of amides is 1. The van der Waals surface area contributed by atoms with Crippen LogP contribution in [0.4, 0.5) is 8.78 Å². The van der Waals surface area contributed by atoms with E-state index in [0.29, 0.717) is 5.56 Å². The fourth-order valence-corrected chi connectivity index (χ4v) is 5.37. The highest BCUT2D eigenvalue weighted by atomic mass is 19.1. The monoisotopic (exact) mass is 536 g/mol. The van der Waals surface area contributed by atoms with Crippen LogP contribution in [0.25, 0.3) is 0 Å². The van der Waals surface area contributed by atoms with Crippen LogP contribution in [-0.4, -0.2) is 39.7 Å². The zero-order chi connectivity index (χ0) is 28.0. The Morgan fingerprint density at radius 1 is 1.05 bits per heavy atom. The minimum absolute atomic E-state index is 0.00131. The lowest BCUT2D eigenvalue weighted by Crippen LogP contribution is -2.53. The molecule has 0 radical (unpaired) electrons. The number of hydrogen-bond acceptors (Lipinski definition) is 5. The Labute approximate surface area is 229 Å². The number of carbonyl (C=O) groups is 1. The van der Waals surface area contributed by atoms with Crippen LogP contribution >= 0.6 is 0 Å². The highest BCUT2D eigenvalue weighted by Gasteiger charge is 2.35. The quantitative estimate of drug-likeness (QED) is 0.350. The third kappa shape index (κ3) is 7.46. The Bertz CT molecular complexity index is 1240. The molecule has 1 aromatic heterocycles. The van der Waals surface area contributed by atoms with E-state index in [2.05, 4.69) is 65.6 Å². The van der Waals surface area contributed by atoms with Gasteiger partial charge in [-0.2, -0.15) is 0 Å². The minimum Gasteiger partial charge on any atom is -0.390 e. The lowest BCUT2D eigenvalue weighted by Gasteiger charge is -2.41. The number of carbonyl (C=O) groups excluding carboxylic acids is 1. The van der Waals surface area contributed by atoms with Crippen molar-refractivity contribution in [3.8, 4) is 0 Å². The van der Waals surface area contributed by atoms with Crippen molar-refractivity contribution >= 4 is 5.91 Å². The van der Waals surface area contributed by atoms with E-state index in [-0.39, 0.29) is 29.6 Å². The highest BCUT2D eigenvalue weighted by Crippen LogP contribution is 2.38. The molecule has 1 saturated carbocycles. The van der Waals surface area contributed by atoms with Gasteiger partial charge in [-0.05, 0) is 53.5 Å². The fraction of sp³-hybridized carbons (Fsp3) is 0.452. The zero-order valence-corrected chi connectivity index (χ0v) is 22.9. The van der Waals surface area contributed by atoms with E-state index >= 15 is 0 Å². The van der Waals surface area contributed by atoms with Gasteiger partial charge in [-0.15, -0.1) is 0 Å². The molecule has 3 aromatic rings. The topological polar surface area (TPSA) is 87.1 Å². The lowest BCUT2D eigenvalue weighted by atomic mass is 9.74. The van der Waals surface area contributed by atoms with Gasteiger partial charge >= 0.3 is 0 Å². The van der Waals surface area contributed by atoms with E-state index in [0.717, 1.165) is 38.2 Å². The molecule has 208 valence electrons. The van der Waals surface area contributed by atoms with Crippen LogP contribution in [0.3, 0.4) is 0 Å². The van der Waals surface area contributed by atoms with Crippen LogP contribution in [0.1, 0.15) is 80.1 Å². The van der Waals surface area contributed by atoms with Gasteiger partial charge in [-0.25, -0.2) is 13.8 Å². The van der Waals surface area contributed by atoms with Crippen LogP contribution in [-0.2, 0) is 17.4 Å². The molecular weight excluding hydrogens is 498 g/mol. The van der Waals surface area contributed by atoms with Crippen LogP contribution in [0.5, 0.6) is 0 Å². The second-order valence-electron chi connectivity index (χ2n) is 11.6. The van der Waals surface area contributed by atoms with Crippen molar-refractivity contribution in [2.45, 2.75) is 82.4 Å². The molecule has 1 aliphatic carbocycles. The van der Waals surface area contributed by atoms with Gasteiger partial charge in [0.1, 0.15) is 17.3 Å². The van der Waals surface area contributed by atoms with Crippen molar-refractivity contribution < 1.29 is 18.7 Å². The normalized spacial score (nSPS) is 16.9. The summed E-state index contributed by atoms with van der Waals surface area (Å²) in [6.45, 7) is 6.76. The number of rotatable bonds is 9. The SMILES string of the molecule is CC(C)(C)c1cccc(C2(NCC(O)C(Cc3cc(F)cc(F)c3)NC(=O)c3cnccn3)CCCCC2)c1. The molecule has 0 spiro atoms. The van der Waals surface area contributed by atoms with E-state index < -0.39 is 29.7 Å². The van der Waals surface area contributed by atoms with Gasteiger partial charge in [0.05, 0.1) is 18.3 Å². The number of benzene rings is 2. The molecule has 0 bridgehead atoms. The van der Waals surface area contributed by atoms with Crippen LogP contribution < -0.4 is 10.6 Å². The van der Waals surface area contributed by atoms with Gasteiger partial charge in [-0.3, -0.25) is 9.78 Å². The Morgan fingerprint density at radius 3 is 2.41 bits per heavy atom. The third-order valence-corrected chi connectivity index (χ3v) is 7.59. The molecule has 2 atom stereocenters. The molecule has 1 amide bonds. The van der Waals surface area contributed by atoms with Crippen LogP contribution in [0, 0.1) is 11.6 Å². The number of hydrogen-bond donors (Lipinski definition) is 3. The van der Waals surface area contributed by atoms with Crippen molar-refractivity contribution in [2.75, 3.05) is 6.54 Å². The number of halogens is 2. The van der Waals surface area contributed by atoms with Crippen LogP contribution in [0.2, 0.25) is 0 Å². The predicted octanol–water partition coefficient (Wildman–Crippen LogP) is 5.20. The van der Waals surface area contributed by atoms with E-state index in [9.17, 15) is 18.7 Å². The number of nitrogens with one attached hydrogen (secondary N) is 2. The molecule has 39 heavy (non-hydrogen) atoms. The molecule has 1 aliphatic rings. The maximum atomic E-state index is 13.9. The summed E-state index contributed by atoms with van der Waals surface area (Å²) in [4.78, 5) is 20.9. The summed E-state index contributed by atoms with van der Waals surface area (Å²) >= 11 is 0. The van der Waals surface area contributed by atoms with Crippen molar-refractivity contribution in [3.63, 3.8) is 0 Å². The maximum absolute atomic E-state index is 13.9. The molecule has 6 nitrogen and oxygen atoms in total. The third-order valence-electron chi connectivity index (χ3n) is 7.59. The summed E-state index contributed by atoms with van der Waals surface area (Å²) in [5.74, 6) is -1.94. The van der Waals surface area contributed by atoms with E-state index in [1.165, 1.54) is 41.9 Å². The molecule has 8 heteroatoms. The highest BCUT2D eigenvalue weighted by molar-refractivity contribution is 5.92. The first-order valence-electron chi connectivity index (χ1n) is 13.6. The standard InChI is InChI=1S/C31H38F2N4O2/c1-30(2,3)22-8-7-9-23(17-22)31(10-5-4-6-11-31)36-20-28(38)26(16-21-14-24(32)18-25(33)15-21)37-29(39)27-19-34-12-13-35-27/h7-9,12-15,17-19,26,28,36,38H,4-6,10-11,16,20H2,1-3H3,(H,37,39). The molecular formula is C31H38F2N4O2. The average Bonchev–Trinajstić information content (AvgIpc) is 2.91. The van der Waals surface area contributed by atoms with Gasteiger partial charge in [0, 0.05) is 30.5 Å². The summed E-state index contributed by atoms with van der Waals surface area (Å²) < 4.78 is 27.9. The largest absolute Gasteiger partial charge is 0.390 e. The fourth-order valence-electron chi connectivity index (χ4n) is 5.37. The van der Waals surface area contributed by atoms with Gasteiger partial charge in [-0.1, -0.05) is 64.3 Å². The van der Waals surface area contributed by atoms with Gasteiger partial charge < -0.3 is 15.7 Å². The molecule has 2 aromatic carbocycles. The lowest BCUT2D eigenvalue weighted by molar-refractivity contribution is 0.0784. The summed E-state index contributed by atoms with van der Waals surface area (Å²) in [5, 5.41) is 17.8. The second-order valence-corrected chi connectivity index (χ2v) is 11.6. The second kappa shape index (κ2) is 12.3. The Morgan fingerprint density at radius 2 is 1.77 bits per heavy atom. The summed E-state index contributed by atoms with van der Waals surface area (Å²) in [6.07, 6.45) is 8.35. The first-order chi connectivity index (χ1) is 18.6. The van der Waals surface area contributed by atoms with Crippen LogP contribution in [0.15, 0.2) is 61.1 Å². The first-order valence-corrected chi connectivity index (χ1v) is 13.6. The Balaban J connectivity index is 1.57.